The molecule has 0 radical (unpaired) electrons. The fourth-order valence-electron chi connectivity index (χ4n) is 4.06. The average Bonchev–Trinajstić information content (AvgIpc) is 3.42. The summed E-state index contributed by atoms with van der Waals surface area (Å²) in [5.74, 6) is 0.511. The molecule has 0 bridgehead atoms. The van der Waals surface area contributed by atoms with E-state index in [1.165, 1.54) is 44.9 Å². The normalized spacial score (nSPS) is 23.7. The predicted molar refractivity (Wildman–Crippen MR) is 99.8 cm³/mol. The molecule has 3 rings (SSSR count). The highest BCUT2D eigenvalue weighted by molar-refractivity contribution is 5.81. The molecule has 7 nitrogen and oxygen atoms in total. The molecule has 2 aliphatic carbocycles. The van der Waals surface area contributed by atoms with E-state index in [1.54, 1.807) is 0 Å². The van der Waals surface area contributed by atoms with Crippen molar-refractivity contribution >= 4 is 5.91 Å². The lowest BCUT2D eigenvalue weighted by molar-refractivity contribution is -0.123. The number of aliphatic hydroxyl groups is 2. The molecule has 0 spiro atoms. The molecule has 0 aromatic carbocycles. The van der Waals surface area contributed by atoms with Crippen LogP contribution in [0.5, 0.6) is 0 Å². The molecule has 2 atom stereocenters. The van der Waals surface area contributed by atoms with Crippen LogP contribution in [0.25, 0.3) is 0 Å². The molecule has 7 heteroatoms. The van der Waals surface area contributed by atoms with Crippen molar-refractivity contribution in [3.05, 3.63) is 11.9 Å². The van der Waals surface area contributed by atoms with E-state index in [-0.39, 0.29) is 19.1 Å². The molecule has 5 N–H and O–H groups in total. The minimum absolute atomic E-state index is 0.0300. The number of aliphatic hydroxyl groups excluding tert-OH is 2. The van der Waals surface area contributed by atoms with Crippen molar-refractivity contribution in [1.82, 2.24) is 15.1 Å². The van der Waals surface area contributed by atoms with Crippen LogP contribution in [0.3, 0.4) is 0 Å². The zero-order chi connectivity index (χ0) is 18.5. The van der Waals surface area contributed by atoms with Gasteiger partial charge in [-0.1, -0.05) is 19.3 Å². The highest BCUT2D eigenvalue weighted by Gasteiger charge is 2.36. The van der Waals surface area contributed by atoms with Crippen LogP contribution in [0.2, 0.25) is 0 Å². The molecule has 1 aliphatic heterocycles. The highest BCUT2D eigenvalue weighted by atomic mass is 16.3. The first-order valence-corrected chi connectivity index (χ1v) is 10.1. The molecule has 2 fully saturated rings. The molecule has 26 heavy (non-hydrogen) atoms. The molecule has 0 aromatic rings. The number of carbonyl (C=O) groups is 1. The quantitative estimate of drug-likeness (QED) is 0.469. The molecule has 3 aliphatic rings. The number of rotatable bonds is 9. The lowest BCUT2D eigenvalue weighted by Gasteiger charge is -2.29. The fourth-order valence-corrected chi connectivity index (χ4v) is 4.06. The van der Waals surface area contributed by atoms with Crippen molar-refractivity contribution < 1.29 is 15.0 Å². The molecule has 1 unspecified atom stereocenters. The SMILES string of the molecule is NC(CC1=CN(CC2CCCCC2)CN1C1CC1)C(=O)NC[C@@H](O)CO. The van der Waals surface area contributed by atoms with Gasteiger partial charge in [0.05, 0.1) is 25.4 Å². The Hall–Kier alpha value is -1.31. The summed E-state index contributed by atoms with van der Waals surface area (Å²) in [5, 5.41) is 20.8. The molecule has 2 saturated carbocycles. The first kappa shape index (κ1) is 19.5. The smallest absolute Gasteiger partial charge is 0.237 e. The molecular formula is C19H34N4O3. The summed E-state index contributed by atoms with van der Waals surface area (Å²) in [4.78, 5) is 17.0. The van der Waals surface area contributed by atoms with Crippen LogP contribution in [0, 0.1) is 5.92 Å². The number of carbonyl (C=O) groups excluding carboxylic acids is 1. The minimum Gasteiger partial charge on any atom is -0.394 e. The minimum atomic E-state index is -0.939. The van der Waals surface area contributed by atoms with Crippen molar-refractivity contribution in [1.29, 1.82) is 0 Å². The average molecular weight is 367 g/mol. The van der Waals surface area contributed by atoms with E-state index in [0.717, 1.165) is 24.8 Å². The number of hydrogen-bond donors (Lipinski definition) is 4. The van der Waals surface area contributed by atoms with Gasteiger partial charge < -0.3 is 31.1 Å². The third-order valence-electron chi connectivity index (χ3n) is 5.73. The van der Waals surface area contributed by atoms with Gasteiger partial charge in [-0.25, -0.2) is 0 Å². The van der Waals surface area contributed by atoms with Crippen LogP contribution in [-0.2, 0) is 4.79 Å². The van der Waals surface area contributed by atoms with Crippen molar-refractivity contribution in [2.75, 3.05) is 26.4 Å². The zero-order valence-electron chi connectivity index (χ0n) is 15.6. The van der Waals surface area contributed by atoms with E-state index in [0.29, 0.717) is 12.5 Å². The molecule has 1 heterocycles. The second-order valence-corrected chi connectivity index (χ2v) is 8.13. The van der Waals surface area contributed by atoms with Gasteiger partial charge in [-0.15, -0.1) is 0 Å². The fraction of sp³-hybridized carbons (Fsp3) is 0.842. The van der Waals surface area contributed by atoms with Crippen LogP contribution in [0.4, 0.5) is 0 Å². The van der Waals surface area contributed by atoms with Gasteiger partial charge >= 0.3 is 0 Å². The Morgan fingerprint density at radius 1 is 1.27 bits per heavy atom. The maximum atomic E-state index is 12.2. The second kappa shape index (κ2) is 9.06. The first-order chi connectivity index (χ1) is 12.6. The van der Waals surface area contributed by atoms with Crippen LogP contribution in [0.1, 0.15) is 51.4 Å². The Bertz CT molecular complexity index is 503. The van der Waals surface area contributed by atoms with Gasteiger partial charge in [0.2, 0.25) is 5.91 Å². The highest BCUT2D eigenvalue weighted by Crippen LogP contribution is 2.35. The topological polar surface area (TPSA) is 102 Å². The van der Waals surface area contributed by atoms with Gasteiger partial charge in [0.1, 0.15) is 0 Å². The monoisotopic (exact) mass is 366 g/mol. The maximum Gasteiger partial charge on any atom is 0.237 e. The summed E-state index contributed by atoms with van der Waals surface area (Å²) < 4.78 is 0. The van der Waals surface area contributed by atoms with Crippen molar-refractivity contribution in [3.8, 4) is 0 Å². The standard InChI is InChI=1S/C19H34N4O3/c20-18(19(26)21-9-17(25)12-24)8-16-11-22(13-23(16)15-6-7-15)10-14-4-2-1-3-5-14/h11,14-15,17-18,24-25H,1-10,12-13,20H2,(H,21,26)/t17-,18?/m1/s1. The Morgan fingerprint density at radius 2 is 2.00 bits per heavy atom. The van der Waals surface area contributed by atoms with Gasteiger partial charge in [-0.2, -0.15) is 0 Å². The molecular weight excluding hydrogens is 332 g/mol. The van der Waals surface area contributed by atoms with Crippen LogP contribution >= 0.6 is 0 Å². The third kappa shape index (κ3) is 5.34. The van der Waals surface area contributed by atoms with E-state index in [4.69, 9.17) is 10.8 Å². The van der Waals surface area contributed by atoms with E-state index in [2.05, 4.69) is 21.3 Å². The van der Waals surface area contributed by atoms with E-state index in [1.807, 2.05) is 0 Å². The lowest BCUT2D eigenvalue weighted by atomic mass is 9.89. The summed E-state index contributed by atoms with van der Waals surface area (Å²) in [6.07, 6.45) is 11.0. The van der Waals surface area contributed by atoms with E-state index >= 15 is 0 Å². The second-order valence-electron chi connectivity index (χ2n) is 8.13. The van der Waals surface area contributed by atoms with Gasteiger partial charge in [0.15, 0.2) is 0 Å². The van der Waals surface area contributed by atoms with Crippen molar-refractivity contribution in [2.24, 2.45) is 11.7 Å². The number of nitrogens with zero attached hydrogens (tertiary/aromatic N) is 2. The Labute approximate surface area is 156 Å². The predicted octanol–water partition coefficient (Wildman–Crippen LogP) is 0.332. The summed E-state index contributed by atoms with van der Waals surface area (Å²) in [5.41, 5.74) is 7.26. The van der Waals surface area contributed by atoms with Gasteiger partial charge in [-0.3, -0.25) is 4.79 Å². The summed E-state index contributed by atoms with van der Waals surface area (Å²) in [6.45, 7) is 1.69. The Balaban J connectivity index is 1.52. The number of nitrogens with two attached hydrogens (primary N) is 1. The zero-order valence-corrected chi connectivity index (χ0v) is 15.6. The summed E-state index contributed by atoms with van der Waals surface area (Å²) >= 11 is 0. The Morgan fingerprint density at radius 3 is 2.65 bits per heavy atom. The molecule has 0 saturated heterocycles. The molecule has 148 valence electrons. The van der Waals surface area contributed by atoms with Crippen molar-refractivity contribution in [2.45, 2.75) is 69.6 Å². The molecule has 1 amide bonds. The largest absolute Gasteiger partial charge is 0.394 e. The van der Waals surface area contributed by atoms with Gasteiger partial charge in [0.25, 0.3) is 0 Å². The summed E-state index contributed by atoms with van der Waals surface area (Å²) in [6, 6.07) is -0.0351. The van der Waals surface area contributed by atoms with Crippen molar-refractivity contribution in [3.63, 3.8) is 0 Å². The van der Waals surface area contributed by atoms with Crippen LogP contribution in [-0.4, -0.2) is 70.5 Å². The molecule has 0 aromatic heterocycles. The Kier molecular flexibility index (Phi) is 6.78. The van der Waals surface area contributed by atoms with Gasteiger partial charge in [-0.05, 0) is 31.6 Å². The van der Waals surface area contributed by atoms with E-state index in [9.17, 15) is 9.90 Å². The first-order valence-electron chi connectivity index (χ1n) is 10.1. The number of hydrogen-bond acceptors (Lipinski definition) is 6. The summed E-state index contributed by atoms with van der Waals surface area (Å²) in [7, 11) is 0. The number of nitrogens with one attached hydrogen (secondary N) is 1. The van der Waals surface area contributed by atoms with Gasteiger partial charge in [0, 0.05) is 37.4 Å². The van der Waals surface area contributed by atoms with Crippen LogP contribution in [0.15, 0.2) is 11.9 Å². The van der Waals surface area contributed by atoms with E-state index < -0.39 is 12.1 Å². The lowest BCUT2D eigenvalue weighted by Crippen LogP contribution is -2.45. The third-order valence-corrected chi connectivity index (χ3v) is 5.73. The number of amides is 1. The van der Waals surface area contributed by atoms with Crippen LogP contribution < -0.4 is 11.1 Å². The maximum absolute atomic E-state index is 12.2.